The number of halogens is 5. The van der Waals surface area contributed by atoms with E-state index in [0.29, 0.717) is 5.56 Å². The van der Waals surface area contributed by atoms with Crippen molar-refractivity contribution in [2.75, 3.05) is 26.2 Å². The number of hydrogen-bond donors (Lipinski definition) is 2. The minimum absolute atomic E-state index is 0. The van der Waals surface area contributed by atoms with E-state index in [1.165, 1.54) is 6.07 Å². The van der Waals surface area contributed by atoms with E-state index in [1.807, 2.05) is 6.92 Å². The molecule has 0 bridgehead atoms. The van der Waals surface area contributed by atoms with Crippen LogP contribution in [-0.2, 0) is 0 Å². The maximum absolute atomic E-state index is 13.7. The zero-order valence-corrected chi connectivity index (χ0v) is 15.5. The molecule has 1 fully saturated rings. The maximum Gasteiger partial charge on any atom is 0.201 e. The molecule has 1 saturated heterocycles. The Morgan fingerprint density at radius 2 is 1.86 bits per heavy atom. The smallest absolute Gasteiger partial charge is 0.201 e. The summed E-state index contributed by atoms with van der Waals surface area (Å²) in [6.07, 6.45) is 1.70. The average Bonchev–Trinajstić information content (AvgIpc) is 2.47. The van der Waals surface area contributed by atoms with Gasteiger partial charge in [0.15, 0.2) is 11.6 Å². The van der Waals surface area contributed by atoms with Crippen LogP contribution in [0.4, 0.5) is 8.78 Å². The molecule has 0 radical (unpaired) electrons. The summed E-state index contributed by atoms with van der Waals surface area (Å²) in [6, 6.07) is 1.41. The molecule has 2 rings (SSSR count). The summed E-state index contributed by atoms with van der Waals surface area (Å²) in [7, 11) is 0. The molecule has 1 atom stereocenters. The number of hydrogen-bond acceptors (Lipinski definition) is 3. The lowest BCUT2D eigenvalue weighted by Gasteiger charge is -2.35. The second kappa shape index (κ2) is 9.88. The number of piperazine rings is 1. The number of nitrogens with zero attached hydrogens (tertiary/aromatic N) is 1. The molecule has 1 aromatic carbocycles. The molecule has 1 aliphatic heterocycles. The molecule has 1 heterocycles. The second-order valence-corrected chi connectivity index (χ2v) is 5.87. The molecule has 2 N–H and O–H groups in total. The van der Waals surface area contributed by atoms with Crippen LogP contribution in [0.15, 0.2) is 10.5 Å². The number of phenols is 1. The Morgan fingerprint density at radius 1 is 1.27 bits per heavy atom. The maximum atomic E-state index is 13.7. The van der Waals surface area contributed by atoms with Crippen LogP contribution in [0.5, 0.6) is 5.75 Å². The third-order valence-corrected chi connectivity index (χ3v) is 4.26. The number of aromatic hydroxyl groups is 1. The first-order valence-corrected chi connectivity index (χ1v) is 7.66. The van der Waals surface area contributed by atoms with E-state index in [-0.39, 0.29) is 35.3 Å². The molecule has 0 spiro atoms. The molecule has 3 nitrogen and oxygen atoms in total. The zero-order chi connectivity index (χ0) is 14.7. The Kier molecular flexibility index (Phi) is 9.82. The molecule has 8 heteroatoms. The number of benzene rings is 1. The lowest BCUT2D eigenvalue weighted by molar-refractivity contribution is 0.161. The van der Waals surface area contributed by atoms with Gasteiger partial charge in [0.1, 0.15) is 0 Å². The number of nitrogens with one attached hydrogen (secondary N) is 1. The summed E-state index contributed by atoms with van der Waals surface area (Å²) in [4.78, 5) is 2.21. The predicted molar refractivity (Wildman–Crippen MR) is 92.3 cm³/mol. The van der Waals surface area contributed by atoms with Gasteiger partial charge in [-0.05, 0) is 28.4 Å². The van der Waals surface area contributed by atoms with Gasteiger partial charge in [-0.25, -0.2) is 4.39 Å². The van der Waals surface area contributed by atoms with Crippen molar-refractivity contribution in [2.45, 2.75) is 25.8 Å². The summed E-state index contributed by atoms with van der Waals surface area (Å²) >= 11 is 3.02. The molecule has 0 aliphatic carbocycles. The van der Waals surface area contributed by atoms with Gasteiger partial charge in [-0.1, -0.05) is 13.3 Å². The highest BCUT2D eigenvalue weighted by Crippen LogP contribution is 2.37. The SMILES string of the molecule is CCC[C@@H](c1cc(Br)c(F)c(F)c1O)N1CCNCC1.Cl.Cl. The Balaban J connectivity index is 0.00000220. The van der Waals surface area contributed by atoms with Gasteiger partial charge in [0, 0.05) is 37.8 Å². The standard InChI is InChI=1S/C14H19BrF2N2O.2ClH/c1-2-3-11(19-6-4-18-5-7-19)9-8-10(15)12(16)13(17)14(9)20;;/h8,11,18,20H,2-7H2,1H3;2*1H/t11-;;/m0../s1. The first-order valence-electron chi connectivity index (χ1n) is 6.87. The molecule has 1 aliphatic rings. The van der Waals surface area contributed by atoms with Crippen LogP contribution in [0.1, 0.15) is 31.4 Å². The highest BCUT2D eigenvalue weighted by molar-refractivity contribution is 9.10. The van der Waals surface area contributed by atoms with E-state index in [9.17, 15) is 13.9 Å². The fraction of sp³-hybridized carbons (Fsp3) is 0.571. The summed E-state index contributed by atoms with van der Waals surface area (Å²) in [5.74, 6) is -2.78. The highest BCUT2D eigenvalue weighted by atomic mass is 79.9. The van der Waals surface area contributed by atoms with Crippen molar-refractivity contribution in [3.63, 3.8) is 0 Å². The Hall–Kier alpha value is -0.140. The van der Waals surface area contributed by atoms with E-state index in [2.05, 4.69) is 26.1 Å². The molecule has 0 amide bonds. The van der Waals surface area contributed by atoms with E-state index in [1.54, 1.807) is 0 Å². The molecule has 1 aromatic rings. The summed E-state index contributed by atoms with van der Waals surface area (Å²) in [6.45, 7) is 5.44. The summed E-state index contributed by atoms with van der Waals surface area (Å²) < 4.78 is 27.2. The quantitative estimate of drug-likeness (QED) is 0.720. The van der Waals surface area contributed by atoms with Crippen molar-refractivity contribution in [2.24, 2.45) is 0 Å². The van der Waals surface area contributed by atoms with Crippen molar-refractivity contribution >= 4 is 40.7 Å². The predicted octanol–water partition coefficient (Wildman–Crippen LogP) is 4.02. The molecular formula is C14H21BrCl2F2N2O. The summed E-state index contributed by atoms with van der Waals surface area (Å²) in [5.41, 5.74) is 0.458. The number of phenolic OH excluding ortho intramolecular Hbond substituents is 1. The zero-order valence-electron chi connectivity index (χ0n) is 12.2. The van der Waals surface area contributed by atoms with Crippen molar-refractivity contribution in [1.82, 2.24) is 10.2 Å². The van der Waals surface area contributed by atoms with E-state index < -0.39 is 17.4 Å². The van der Waals surface area contributed by atoms with Gasteiger partial charge in [-0.3, -0.25) is 4.90 Å². The highest BCUT2D eigenvalue weighted by Gasteiger charge is 2.27. The normalized spacial score (nSPS) is 16.5. The van der Waals surface area contributed by atoms with Crippen LogP contribution >= 0.6 is 40.7 Å². The topological polar surface area (TPSA) is 35.5 Å². The van der Waals surface area contributed by atoms with E-state index in [4.69, 9.17) is 0 Å². The van der Waals surface area contributed by atoms with Gasteiger partial charge in [0.2, 0.25) is 5.82 Å². The van der Waals surface area contributed by atoms with Crippen LogP contribution in [0.25, 0.3) is 0 Å². The van der Waals surface area contributed by atoms with Gasteiger partial charge >= 0.3 is 0 Å². The van der Waals surface area contributed by atoms with Crippen molar-refractivity contribution in [1.29, 1.82) is 0 Å². The minimum Gasteiger partial charge on any atom is -0.505 e. The van der Waals surface area contributed by atoms with Gasteiger partial charge in [-0.15, -0.1) is 24.8 Å². The largest absolute Gasteiger partial charge is 0.505 e. The third-order valence-electron chi connectivity index (χ3n) is 3.68. The molecule has 22 heavy (non-hydrogen) atoms. The van der Waals surface area contributed by atoms with Gasteiger partial charge in [-0.2, -0.15) is 4.39 Å². The first-order chi connectivity index (χ1) is 9.56. The Morgan fingerprint density at radius 3 is 2.41 bits per heavy atom. The Labute approximate surface area is 150 Å². The molecule has 0 saturated carbocycles. The van der Waals surface area contributed by atoms with Crippen molar-refractivity contribution in [3.05, 3.63) is 27.7 Å². The minimum atomic E-state index is -1.18. The van der Waals surface area contributed by atoms with E-state index in [0.717, 1.165) is 39.0 Å². The van der Waals surface area contributed by atoms with Gasteiger partial charge in [0.25, 0.3) is 0 Å². The summed E-state index contributed by atoms with van der Waals surface area (Å²) in [5, 5.41) is 13.2. The van der Waals surface area contributed by atoms with Gasteiger partial charge < -0.3 is 10.4 Å². The molecular weight excluding hydrogens is 401 g/mol. The number of rotatable bonds is 4. The van der Waals surface area contributed by atoms with Gasteiger partial charge in [0.05, 0.1) is 4.47 Å². The fourth-order valence-electron chi connectivity index (χ4n) is 2.66. The molecule has 128 valence electrons. The van der Waals surface area contributed by atoms with Crippen molar-refractivity contribution < 1.29 is 13.9 Å². The molecule has 0 aromatic heterocycles. The monoisotopic (exact) mass is 420 g/mol. The Bertz CT molecular complexity index is 488. The van der Waals surface area contributed by atoms with Crippen LogP contribution in [0, 0.1) is 11.6 Å². The molecule has 0 unspecified atom stereocenters. The van der Waals surface area contributed by atoms with Crippen LogP contribution < -0.4 is 5.32 Å². The average molecular weight is 422 g/mol. The first kappa shape index (κ1) is 21.9. The lowest BCUT2D eigenvalue weighted by atomic mass is 9.98. The van der Waals surface area contributed by atoms with Crippen LogP contribution in [0.2, 0.25) is 0 Å². The van der Waals surface area contributed by atoms with Crippen LogP contribution in [-0.4, -0.2) is 36.2 Å². The fourth-order valence-corrected chi connectivity index (χ4v) is 3.08. The van der Waals surface area contributed by atoms with Crippen molar-refractivity contribution in [3.8, 4) is 5.75 Å². The second-order valence-electron chi connectivity index (χ2n) is 5.01. The third kappa shape index (κ3) is 4.68. The van der Waals surface area contributed by atoms with Crippen LogP contribution in [0.3, 0.4) is 0 Å². The lowest BCUT2D eigenvalue weighted by Crippen LogP contribution is -2.45. The van der Waals surface area contributed by atoms with E-state index >= 15 is 0 Å².